The number of nitriles is 1. The molecule has 1 heterocycles. The summed E-state index contributed by atoms with van der Waals surface area (Å²) in [6.45, 7) is 3.69. The lowest BCUT2D eigenvalue weighted by molar-refractivity contribution is 0.578. The molecule has 0 bridgehead atoms. The second-order valence-corrected chi connectivity index (χ2v) is 5.68. The van der Waals surface area contributed by atoms with Crippen LogP contribution in [0.15, 0.2) is 18.2 Å². The molecule has 1 aliphatic rings. The fourth-order valence-electron chi connectivity index (χ4n) is 2.93. The van der Waals surface area contributed by atoms with Gasteiger partial charge in [-0.05, 0) is 61.9 Å². The van der Waals surface area contributed by atoms with Crippen LogP contribution < -0.4 is 5.32 Å². The third kappa shape index (κ3) is 2.52. The third-order valence-corrected chi connectivity index (χ3v) is 4.30. The molecule has 2 aromatic rings. The number of fused-ring (bicyclic) bond motifs is 1. The van der Waals surface area contributed by atoms with Gasteiger partial charge in [0.2, 0.25) is 0 Å². The number of nitrogens with zero attached hydrogens (tertiary/aromatic N) is 3. The van der Waals surface area contributed by atoms with Crippen molar-refractivity contribution in [3.05, 3.63) is 52.0 Å². The zero-order valence-corrected chi connectivity index (χ0v) is 12.7. The van der Waals surface area contributed by atoms with E-state index in [0.29, 0.717) is 11.4 Å². The second-order valence-electron chi connectivity index (χ2n) is 5.68. The fraction of sp³-hybridized carbons (Fsp3) is 0.353. The maximum Gasteiger partial charge on any atom is 0.167 e. The summed E-state index contributed by atoms with van der Waals surface area (Å²) in [5.41, 5.74) is 4.19. The number of aryl methyl sites for hydroxylation is 2. The standard InChI is InChI=1S/C17H17FN4/c1-10-11(2)21-22-17(15(10)9-19)20-16-5-3-4-12-6-7-13(18)8-14(12)16/h6-8,16H,3-5H2,1-2H3,(H,20,22). The monoisotopic (exact) mass is 296 g/mol. The van der Waals surface area contributed by atoms with Crippen LogP contribution in [0.3, 0.4) is 0 Å². The quantitative estimate of drug-likeness (QED) is 0.920. The van der Waals surface area contributed by atoms with Gasteiger partial charge in [-0.1, -0.05) is 6.07 Å². The number of benzene rings is 1. The number of aromatic nitrogens is 2. The average molecular weight is 296 g/mol. The highest BCUT2D eigenvalue weighted by Gasteiger charge is 2.23. The van der Waals surface area contributed by atoms with E-state index < -0.39 is 0 Å². The van der Waals surface area contributed by atoms with Crippen molar-refractivity contribution in [3.63, 3.8) is 0 Å². The molecular weight excluding hydrogens is 279 g/mol. The van der Waals surface area contributed by atoms with E-state index in [0.717, 1.165) is 41.6 Å². The number of rotatable bonds is 2. The number of nitrogens with one attached hydrogen (secondary N) is 1. The normalized spacial score (nSPS) is 16.7. The minimum atomic E-state index is -0.237. The summed E-state index contributed by atoms with van der Waals surface area (Å²) in [6.07, 6.45) is 2.86. The van der Waals surface area contributed by atoms with E-state index in [4.69, 9.17) is 0 Å². The van der Waals surface area contributed by atoms with Crippen LogP contribution in [0.2, 0.25) is 0 Å². The molecule has 1 atom stereocenters. The summed E-state index contributed by atoms with van der Waals surface area (Å²) in [4.78, 5) is 0. The summed E-state index contributed by atoms with van der Waals surface area (Å²) in [5, 5.41) is 20.9. The van der Waals surface area contributed by atoms with Crippen molar-refractivity contribution < 1.29 is 4.39 Å². The Bertz CT molecular complexity index is 764. The molecule has 1 aromatic heterocycles. The molecule has 4 nitrogen and oxygen atoms in total. The van der Waals surface area contributed by atoms with Gasteiger partial charge in [-0.25, -0.2) is 4.39 Å². The molecule has 1 aromatic carbocycles. The Morgan fingerprint density at radius 3 is 2.91 bits per heavy atom. The van der Waals surface area contributed by atoms with E-state index in [9.17, 15) is 9.65 Å². The van der Waals surface area contributed by atoms with Crippen LogP contribution >= 0.6 is 0 Å². The maximum absolute atomic E-state index is 13.6. The van der Waals surface area contributed by atoms with E-state index in [1.807, 2.05) is 19.9 Å². The molecule has 0 radical (unpaired) electrons. The summed E-state index contributed by atoms with van der Waals surface area (Å²) in [7, 11) is 0. The Kier molecular flexibility index (Phi) is 3.76. The predicted molar refractivity (Wildman–Crippen MR) is 81.9 cm³/mol. The number of anilines is 1. The van der Waals surface area contributed by atoms with Gasteiger partial charge >= 0.3 is 0 Å². The van der Waals surface area contributed by atoms with Gasteiger partial charge in [0.1, 0.15) is 17.4 Å². The van der Waals surface area contributed by atoms with E-state index in [2.05, 4.69) is 21.6 Å². The molecule has 0 saturated carbocycles. The lowest BCUT2D eigenvalue weighted by Crippen LogP contribution is -2.19. The van der Waals surface area contributed by atoms with Gasteiger partial charge in [0.15, 0.2) is 5.82 Å². The summed E-state index contributed by atoms with van der Waals surface area (Å²) in [6, 6.07) is 7.07. The highest BCUT2D eigenvalue weighted by atomic mass is 19.1. The van der Waals surface area contributed by atoms with Gasteiger partial charge in [0, 0.05) is 0 Å². The fourth-order valence-corrected chi connectivity index (χ4v) is 2.93. The van der Waals surface area contributed by atoms with Crippen molar-refractivity contribution in [1.82, 2.24) is 10.2 Å². The molecule has 0 spiro atoms. The summed E-state index contributed by atoms with van der Waals surface area (Å²) in [5.74, 6) is 0.242. The van der Waals surface area contributed by atoms with Crippen LogP contribution in [0, 0.1) is 31.0 Å². The molecule has 1 N–H and O–H groups in total. The largest absolute Gasteiger partial charge is 0.361 e. The zero-order valence-electron chi connectivity index (χ0n) is 12.7. The molecule has 1 unspecified atom stereocenters. The lowest BCUT2D eigenvalue weighted by Gasteiger charge is -2.27. The van der Waals surface area contributed by atoms with Gasteiger partial charge in [-0.15, -0.1) is 5.10 Å². The van der Waals surface area contributed by atoms with Crippen LogP contribution in [0.25, 0.3) is 0 Å². The first-order chi connectivity index (χ1) is 10.6. The zero-order chi connectivity index (χ0) is 15.7. The van der Waals surface area contributed by atoms with Crippen molar-refractivity contribution in [2.75, 3.05) is 5.32 Å². The summed E-state index contributed by atoms with van der Waals surface area (Å²) < 4.78 is 13.6. The Balaban J connectivity index is 1.98. The molecular formula is C17H17FN4. The number of halogens is 1. The van der Waals surface area contributed by atoms with E-state index in [1.165, 1.54) is 6.07 Å². The van der Waals surface area contributed by atoms with Crippen molar-refractivity contribution in [1.29, 1.82) is 5.26 Å². The first kappa shape index (κ1) is 14.5. The van der Waals surface area contributed by atoms with Crippen molar-refractivity contribution in [3.8, 4) is 6.07 Å². The minimum absolute atomic E-state index is 0.0389. The summed E-state index contributed by atoms with van der Waals surface area (Å²) >= 11 is 0. The molecule has 0 amide bonds. The maximum atomic E-state index is 13.6. The molecule has 22 heavy (non-hydrogen) atoms. The number of hydrogen-bond acceptors (Lipinski definition) is 4. The van der Waals surface area contributed by atoms with Crippen LogP contribution in [-0.4, -0.2) is 10.2 Å². The van der Waals surface area contributed by atoms with Gasteiger partial charge < -0.3 is 5.32 Å². The molecule has 3 rings (SSSR count). The van der Waals surface area contributed by atoms with Crippen LogP contribution in [0.5, 0.6) is 0 Å². The second kappa shape index (κ2) is 5.72. The Labute approximate surface area is 129 Å². The highest BCUT2D eigenvalue weighted by molar-refractivity contribution is 5.57. The van der Waals surface area contributed by atoms with Crippen LogP contribution in [-0.2, 0) is 6.42 Å². The van der Waals surface area contributed by atoms with Gasteiger partial charge in [0.25, 0.3) is 0 Å². The highest BCUT2D eigenvalue weighted by Crippen LogP contribution is 2.33. The Morgan fingerprint density at radius 1 is 1.32 bits per heavy atom. The minimum Gasteiger partial charge on any atom is -0.361 e. The Hall–Kier alpha value is -2.48. The van der Waals surface area contributed by atoms with Gasteiger partial charge in [-0.3, -0.25) is 0 Å². The van der Waals surface area contributed by atoms with E-state index >= 15 is 0 Å². The molecule has 5 heteroatoms. The molecule has 0 aliphatic heterocycles. The van der Waals surface area contributed by atoms with E-state index in [-0.39, 0.29) is 11.9 Å². The lowest BCUT2D eigenvalue weighted by atomic mass is 9.87. The SMILES string of the molecule is Cc1nnc(NC2CCCc3ccc(F)cc32)c(C#N)c1C. The van der Waals surface area contributed by atoms with Crippen molar-refractivity contribution >= 4 is 5.82 Å². The third-order valence-electron chi connectivity index (χ3n) is 4.30. The van der Waals surface area contributed by atoms with E-state index in [1.54, 1.807) is 6.07 Å². The van der Waals surface area contributed by atoms with Gasteiger partial charge in [-0.2, -0.15) is 10.4 Å². The topological polar surface area (TPSA) is 61.6 Å². The smallest absolute Gasteiger partial charge is 0.167 e. The van der Waals surface area contributed by atoms with Crippen molar-refractivity contribution in [2.45, 2.75) is 39.2 Å². The van der Waals surface area contributed by atoms with Crippen LogP contribution in [0.1, 0.15) is 46.8 Å². The molecule has 0 saturated heterocycles. The average Bonchev–Trinajstić information content (AvgIpc) is 2.52. The van der Waals surface area contributed by atoms with Crippen molar-refractivity contribution in [2.24, 2.45) is 0 Å². The molecule has 1 aliphatic carbocycles. The first-order valence-corrected chi connectivity index (χ1v) is 7.39. The Morgan fingerprint density at radius 2 is 2.14 bits per heavy atom. The number of hydrogen-bond donors (Lipinski definition) is 1. The molecule has 112 valence electrons. The van der Waals surface area contributed by atoms with Crippen LogP contribution in [0.4, 0.5) is 10.2 Å². The first-order valence-electron chi connectivity index (χ1n) is 7.39. The molecule has 0 fully saturated rings. The van der Waals surface area contributed by atoms with Gasteiger partial charge in [0.05, 0.1) is 11.7 Å². The predicted octanol–water partition coefficient (Wildman–Crippen LogP) is 3.59.